The van der Waals surface area contributed by atoms with Gasteiger partial charge in [-0.2, -0.15) is 0 Å². The summed E-state index contributed by atoms with van der Waals surface area (Å²) in [7, 11) is 1.93. The standard InChI is InChI=1S/C9H8BrN3/c1-13-6-11-12-9(13)7-2-4-8(10)5-3-7/h2-6H,1H3. The summed E-state index contributed by atoms with van der Waals surface area (Å²) in [5.74, 6) is 0.882. The van der Waals surface area contributed by atoms with Gasteiger partial charge < -0.3 is 4.57 Å². The number of halogens is 1. The fourth-order valence-corrected chi connectivity index (χ4v) is 1.41. The van der Waals surface area contributed by atoms with Crippen LogP contribution in [0, 0.1) is 0 Å². The molecule has 66 valence electrons. The fourth-order valence-electron chi connectivity index (χ4n) is 1.14. The molecule has 0 radical (unpaired) electrons. The highest BCUT2D eigenvalue weighted by molar-refractivity contribution is 9.10. The van der Waals surface area contributed by atoms with Crippen LogP contribution in [0.3, 0.4) is 0 Å². The van der Waals surface area contributed by atoms with Crippen LogP contribution in [0.5, 0.6) is 0 Å². The molecule has 1 aromatic heterocycles. The Balaban J connectivity index is 2.47. The third-order valence-corrected chi connectivity index (χ3v) is 2.34. The van der Waals surface area contributed by atoms with E-state index >= 15 is 0 Å². The lowest BCUT2D eigenvalue weighted by Gasteiger charge is -1.99. The summed E-state index contributed by atoms with van der Waals surface area (Å²) in [4.78, 5) is 0. The van der Waals surface area contributed by atoms with E-state index in [-0.39, 0.29) is 0 Å². The van der Waals surface area contributed by atoms with E-state index < -0.39 is 0 Å². The van der Waals surface area contributed by atoms with Gasteiger partial charge in [-0.05, 0) is 12.1 Å². The zero-order chi connectivity index (χ0) is 9.26. The number of hydrogen-bond acceptors (Lipinski definition) is 2. The highest BCUT2D eigenvalue weighted by atomic mass is 79.9. The number of benzene rings is 1. The molecule has 2 aromatic rings. The maximum atomic E-state index is 4.01. The molecule has 0 saturated carbocycles. The minimum atomic E-state index is 0.882. The van der Waals surface area contributed by atoms with Gasteiger partial charge in [-0.1, -0.05) is 28.1 Å². The van der Waals surface area contributed by atoms with Gasteiger partial charge in [0.05, 0.1) is 0 Å². The summed E-state index contributed by atoms with van der Waals surface area (Å²) >= 11 is 3.38. The van der Waals surface area contributed by atoms with Gasteiger partial charge in [0.1, 0.15) is 6.33 Å². The molecule has 0 aliphatic heterocycles. The molecule has 1 heterocycles. The average Bonchev–Trinajstić information content (AvgIpc) is 2.53. The van der Waals surface area contributed by atoms with Crippen molar-refractivity contribution in [2.45, 2.75) is 0 Å². The molecule has 0 saturated heterocycles. The average molecular weight is 238 g/mol. The van der Waals surface area contributed by atoms with E-state index in [1.165, 1.54) is 0 Å². The first-order valence-electron chi connectivity index (χ1n) is 3.87. The second kappa shape index (κ2) is 3.30. The smallest absolute Gasteiger partial charge is 0.163 e. The Morgan fingerprint density at radius 2 is 1.92 bits per heavy atom. The SMILES string of the molecule is Cn1cnnc1-c1ccc(Br)cc1. The Hall–Kier alpha value is -1.16. The maximum absolute atomic E-state index is 4.01. The topological polar surface area (TPSA) is 30.7 Å². The fraction of sp³-hybridized carbons (Fsp3) is 0.111. The molecule has 3 nitrogen and oxygen atoms in total. The molecule has 0 fully saturated rings. The summed E-state index contributed by atoms with van der Waals surface area (Å²) in [5.41, 5.74) is 1.07. The van der Waals surface area contributed by atoms with Gasteiger partial charge in [-0.3, -0.25) is 0 Å². The van der Waals surface area contributed by atoms with Gasteiger partial charge in [0.25, 0.3) is 0 Å². The highest BCUT2D eigenvalue weighted by Crippen LogP contribution is 2.18. The third-order valence-electron chi connectivity index (χ3n) is 1.81. The van der Waals surface area contributed by atoms with Gasteiger partial charge in [0.15, 0.2) is 5.82 Å². The Morgan fingerprint density at radius 1 is 1.23 bits per heavy atom. The first-order valence-corrected chi connectivity index (χ1v) is 4.66. The Labute approximate surface area is 84.5 Å². The van der Waals surface area contributed by atoms with E-state index in [0.29, 0.717) is 0 Å². The lowest BCUT2D eigenvalue weighted by molar-refractivity contribution is 0.920. The van der Waals surface area contributed by atoms with Crippen molar-refractivity contribution >= 4 is 15.9 Å². The molecule has 0 unspecified atom stereocenters. The normalized spacial score (nSPS) is 10.3. The zero-order valence-electron chi connectivity index (χ0n) is 7.11. The maximum Gasteiger partial charge on any atom is 0.163 e. The number of aryl methyl sites for hydroxylation is 1. The van der Waals surface area contributed by atoms with E-state index in [4.69, 9.17) is 0 Å². The first-order chi connectivity index (χ1) is 6.27. The van der Waals surface area contributed by atoms with Crippen LogP contribution in [-0.2, 0) is 7.05 Å². The number of rotatable bonds is 1. The summed E-state index contributed by atoms with van der Waals surface area (Å²) in [6.07, 6.45) is 1.69. The van der Waals surface area contributed by atoms with Crippen LogP contribution in [-0.4, -0.2) is 14.8 Å². The third kappa shape index (κ3) is 1.62. The molecule has 1 aromatic carbocycles. The van der Waals surface area contributed by atoms with Crippen molar-refractivity contribution in [1.29, 1.82) is 0 Å². The number of aromatic nitrogens is 3. The summed E-state index contributed by atoms with van der Waals surface area (Å²) in [6.45, 7) is 0. The van der Waals surface area contributed by atoms with Crippen molar-refractivity contribution in [3.8, 4) is 11.4 Å². The van der Waals surface area contributed by atoms with Crippen LogP contribution in [0.4, 0.5) is 0 Å². The largest absolute Gasteiger partial charge is 0.317 e. The highest BCUT2D eigenvalue weighted by Gasteiger charge is 2.02. The Kier molecular flexibility index (Phi) is 2.14. The number of hydrogen-bond donors (Lipinski definition) is 0. The van der Waals surface area contributed by atoms with Crippen molar-refractivity contribution in [3.05, 3.63) is 35.1 Å². The van der Waals surface area contributed by atoms with Gasteiger partial charge in [-0.15, -0.1) is 10.2 Å². The van der Waals surface area contributed by atoms with Crippen molar-refractivity contribution in [3.63, 3.8) is 0 Å². The van der Waals surface area contributed by atoms with Crippen LogP contribution >= 0.6 is 15.9 Å². The lowest BCUT2D eigenvalue weighted by Crippen LogP contribution is -1.90. The minimum absolute atomic E-state index is 0.882. The molecule has 0 atom stereocenters. The monoisotopic (exact) mass is 237 g/mol. The number of nitrogens with zero attached hydrogens (tertiary/aromatic N) is 3. The van der Waals surface area contributed by atoms with E-state index in [0.717, 1.165) is 15.9 Å². The van der Waals surface area contributed by atoms with Gasteiger partial charge >= 0.3 is 0 Å². The molecule has 0 bridgehead atoms. The van der Waals surface area contributed by atoms with Crippen molar-refractivity contribution < 1.29 is 0 Å². The van der Waals surface area contributed by atoms with E-state index in [9.17, 15) is 0 Å². The molecule has 0 aliphatic rings. The minimum Gasteiger partial charge on any atom is -0.317 e. The van der Waals surface area contributed by atoms with Crippen molar-refractivity contribution in [2.24, 2.45) is 7.05 Å². The predicted octanol–water partition coefficient (Wildman–Crippen LogP) is 2.24. The Bertz CT molecular complexity index is 405. The summed E-state index contributed by atoms with van der Waals surface area (Å²) in [5, 5.41) is 7.84. The van der Waals surface area contributed by atoms with E-state index in [2.05, 4.69) is 26.1 Å². The van der Waals surface area contributed by atoms with Crippen molar-refractivity contribution in [1.82, 2.24) is 14.8 Å². The van der Waals surface area contributed by atoms with Crippen LogP contribution in [0.1, 0.15) is 0 Å². The molecular weight excluding hydrogens is 230 g/mol. The molecule has 4 heteroatoms. The van der Waals surface area contributed by atoms with Gasteiger partial charge in [-0.25, -0.2) is 0 Å². The van der Waals surface area contributed by atoms with Gasteiger partial charge in [0, 0.05) is 17.1 Å². The second-order valence-electron chi connectivity index (χ2n) is 2.77. The van der Waals surface area contributed by atoms with Crippen LogP contribution in [0.15, 0.2) is 35.1 Å². The van der Waals surface area contributed by atoms with Gasteiger partial charge in [0.2, 0.25) is 0 Å². The second-order valence-corrected chi connectivity index (χ2v) is 3.69. The quantitative estimate of drug-likeness (QED) is 0.762. The molecule has 13 heavy (non-hydrogen) atoms. The van der Waals surface area contributed by atoms with Crippen LogP contribution < -0.4 is 0 Å². The van der Waals surface area contributed by atoms with Crippen LogP contribution in [0.2, 0.25) is 0 Å². The van der Waals surface area contributed by atoms with Crippen LogP contribution in [0.25, 0.3) is 11.4 Å². The first kappa shape index (κ1) is 8.44. The molecule has 2 rings (SSSR count). The lowest BCUT2D eigenvalue weighted by atomic mass is 10.2. The zero-order valence-corrected chi connectivity index (χ0v) is 8.69. The van der Waals surface area contributed by atoms with E-state index in [1.54, 1.807) is 6.33 Å². The Morgan fingerprint density at radius 3 is 2.46 bits per heavy atom. The summed E-state index contributed by atoms with van der Waals surface area (Å²) in [6, 6.07) is 8.00. The molecule has 0 amide bonds. The molecule has 0 N–H and O–H groups in total. The summed E-state index contributed by atoms with van der Waals surface area (Å²) < 4.78 is 2.96. The molecular formula is C9H8BrN3. The van der Waals surface area contributed by atoms with E-state index in [1.807, 2.05) is 35.9 Å². The molecule has 0 aliphatic carbocycles. The molecule has 0 spiro atoms. The predicted molar refractivity (Wildman–Crippen MR) is 54.1 cm³/mol. The van der Waals surface area contributed by atoms with Crippen molar-refractivity contribution in [2.75, 3.05) is 0 Å².